The largest absolute Gasteiger partial charge is 0.289 e. The molecule has 0 heterocycles. The maximum absolute atomic E-state index is 11.8. The maximum Gasteiger partial charge on any atom is 0.193 e. The molecule has 2 heteroatoms. The van der Waals surface area contributed by atoms with Crippen LogP contribution in [0, 0.1) is 11.3 Å². The van der Waals surface area contributed by atoms with Gasteiger partial charge in [0.15, 0.2) is 5.78 Å². The van der Waals surface area contributed by atoms with Crippen molar-refractivity contribution < 1.29 is 4.79 Å². The Bertz CT molecular complexity index is 485. The first-order valence-electron chi connectivity index (χ1n) is 6.31. The highest BCUT2D eigenvalue weighted by Gasteiger charge is 2.06. The minimum Gasteiger partial charge on any atom is -0.289 e. The first-order valence-corrected chi connectivity index (χ1v) is 6.31. The highest BCUT2D eigenvalue weighted by atomic mass is 16.1. The van der Waals surface area contributed by atoms with Crippen LogP contribution in [0.15, 0.2) is 60.7 Å². The number of nitriles is 1. The van der Waals surface area contributed by atoms with Crippen molar-refractivity contribution in [2.75, 3.05) is 0 Å². The number of carbonyl (C=O) groups excluding carboxylic acids is 1. The first kappa shape index (κ1) is 14.7. The summed E-state index contributed by atoms with van der Waals surface area (Å²) in [5, 5.41) is 7.82. The SMILES string of the molecule is CCCC#N.O=C(c1ccccc1)c1ccccc1. The third-order valence-corrected chi connectivity index (χ3v) is 2.43. The zero-order chi connectivity index (χ0) is 13.9. The van der Waals surface area contributed by atoms with Crippen LogP contribution in [0.5, 0.6) is 0 Å². The molecule has 0 fully saturated rings. The van der Waals surface area contributed by atoms with Gasteiger partial charge >= 0.3 is 0 Å². The molecule has 0 atom stereocenters. The van der Waals surface area contributed by atoms with Gasteiger partial charge < -0.3 is 0 Å². The summed E-state index contributed by atoms with van der Waals surface area (Å²) in [6.45, 7) is 1.99. The summed E-state index contributed by atoms with van der Waals surface area (Å²) >= 11 is 0. The molecule has 0 saturated heterocycles. The number of hydrogen-bond donors (Lipinski definition) is 0. The molecular weight excluding hydrogens is 234 g/mol. The molecule has 0 spiro atoms. The molecule has 0 unspecified atom stereocenters. The van der Waals surface area contributed by atoms with Crippen molar-refractivity contribution in [1.82, 2.24) is 0 Å². The highest BCUT2D eigenvalue weighted by molar-refractivity contribution is 6.08. The number of hydrogen-bond acceptors (Lipinski definition) is 2. The van der Waals surface area contributed by atoms with Gasteiger partial charge in [0.2, 0.25) is 0 Å². The topological polar surface area (TPSA) is 40.9 Å². The highest BCUT2D eigenvalue weighted by Crippen LogP contribution is 2.08. The standard InChI is InChI=1S/C13H10O.C4H7N/c14-13(11-7-3-1-4-8-11)12-9-5-2-6-10-12;1-2-3-4-5/h1-10H;2-3H2,1H3. The van der Waals surface area contributed by atoms with Gasteiger partial charge in [0.05, 0.1) is 6.07 Å². The quantitative estimate of drug-likeness (QED) is 0.766. The molecule has 96 valence electrons. The van der Waals surface area contributed by atoms with Crippen molar-refractivity contribution in [3.8, 4) is 6.07 Å². The summed E-state index contributed by atoms with van der Waals surface area (Å²) in [6, 6.07) is 20.6. The third kappa shape index (κ3) is 5.18. The van der Waals surface area contributed by atoms with Crippen LogP contribution in [0.4, 0.5) is 0 Å². The van der Waals surface area contributed by atoms with Gasteiger partial charge in [-0.05, 0) is 6.42 Å². The Hall–Kier alpha value is -2.40. The van der Waals surface area contributed by atoms with E-state index in [1.165, 1.54) is 0 Å². The molecule has 0 aromatic heterocycles. The minimum absolute atomic E-state index is 0.0752. The smallest absolute Gasteiger partial charge is 0.193 e. The number of carbonyl (C=O) groups is 1. The lowest BCUT2D eigenvalue weighted by Gasteiger charge is -1.99. The molecule has 2 aromatic rings. The Morgan fingerprint density at radius 3 is 1.63 bits per heavy atom. The van der Waals surface area contributed by atoms with E-state index in [-0.39, 0.29) is 5.78 Å². The molecule has 2 rings (SSSR count). The van der Waals surface area contributed by atoms with Crippen LogP contribution in [-0.4, -0.2) is 5.78 Å². The predicted octanol–water partition coefficient (Wildman–Crippen LogP) is 4.23. The van der Waals surface area contributed by atoms with E-state index in [0.717, 1.165) is 17.5 Å². The van der Waals surface area contributed by atoms with Crippen LogP contribution >= 0.6 is 0 Å². The Labute approximate surface area is 114 Å². The zero-order valence-electron chi connectivity index (χ0n) is 11.0. The molecule has 0 amide bonds. The summed E-state index contributed by atoms with van der Waals surface area (Å²) in [6.07, 6.45) is 1.68. The Morgan fingerprint density at radius 1 is 0.947 bits per heavy atom. The van der Waals surface area contributed by atoms with Gasteiger partial charge in [0.25, 0.3) is 0 Å². The number of nitrogens with zero attached hydrogens (tertiary/aromatic N) is 1. The molecular formula is C17H17NO. The van der Waals surface area contributed by atoms with Crippen LogP contribution < -0.4 is 0 Å². The molecule has 2 nitrogen and oxygen atoms in total. The molecule has 2 aromatic carbocycles. The van der Waals surface area contributed by atoms with Gasteiger partial charge in [0.1, 0.15) is 0 Å². The molecule has 0 saturated carbocycles. The second-order valence-electron chi connectivity index (χ2n) is 3.97. The van der Waals surface area contributed by atoms with Crippen molar-refractivity contribution in [1.29, 1.82) is 5.26 Å². The summed E-state index contributed by atoms with van der Waals surface area (Å²) in [4.78, 5) is 11.8. The maximum atomic E-state index is 11.8. The molecule has 0 radical (unpaired) electrons. The summed E-state index contributed by atoms with van der Waals surface area (Å²) < 4.78 is 0. The molecule has 0 aliphatic carbocycles. The van der Waals surface area contributed by atoms with Gasteiger partial charge in [0, 0.05) is 17.5 Å². The van der Waals surface area contributed by atoms with Crippen LogP contribution in [-0.2, 0) is 0 Å². The van der Waals surface area contributed by atoms with Crippen molar-refractivity contribution in [2.24, 2.45) is 0 Å². The van der Waals surface area contributed by atoms with Crippen molar-refractivity contribution in [2.45, 2.75) is 19.8 Å². The van der Waals surface area contributed by atoms with E-state index in [4.69, 9.17) is 5.26 Å². The lowest BCUT2D eigenvalue weighted by molar-refractivity contribution is 0.103. The Morgan fingerprint density at radius 2 is 1.37 bits per heavy atom. The minimum atomic E-state index is 0.0752. The summed E-state index contributed by atoms with van der Waals surface area (Å²) in [5.74, 6) is 0.0752. The predicted molar refractivity (Wildman–Crippen MR) is 76.8 cm³/mol. The van der Waals surface area contributed by atoms with E-state index in [9.17, 15) is 4.79 Å². The fraction of sp³-hybridized carbons (Fsp3) is 0.176. The van der Waals surface area contributed by atoms with E-state index < -0.39 is 0 Å². The van der Waals surface area contributed by atoms with Crippen molar-refractivity contribution in [3.63, 3.8) is 0 Å². The van der Waals surface area contributed by atoms with E-state index >= 15 is 0 Å². The van der Waals surface area contributed by atoms with E-state index in [0.29, 0.717) is 6.42 Å². The number of rotatable bonds is 3. The lowest BCUT2D eigenvalue weighted by atomic mass is 10.0. The van der Waals surface area contributed by atoms with Gasteiger partial charge in [-0.1, -0.05) is 67.6 Å². The second-order valence-corrected chi connectivity index (χ2v) is 3.97. The van der Waals surface area contributed by atoms with Crippen molar-refractivity contribution in [3.05, 3.63) is 71.8 Å². The van der Waals surface area contributed by atoms with Crippen LogP contribution in [0.25, 0.3) is 0 Å². The fourth-order valence-electron chi connectivity index (χ4n) is 1.46. The summed E-state index contributed by atoms with van der Waals surface area (Å²) in [7, 11) is 0. The molecule has 0 bridgehead atoms. The monoisotopic (exact) mass is 251 g/mol. The van der Waals surface area contributed by atoms with E-state index in [1.54, 1.807) is 0 Å². The Kier molecular flexibility index (Phi) is 6.68. The lowest BCUT2D eigenvalue weighted by Crippen LogP contribution is -1.99. The van der Waals surface area contributed by atoms with Crippen LogP contribution in [0.3, 0.4) is 0 Å². The number of benzene rings is 2. The molecule has 0 aliphatic rings. The van der Waals surface area contributed by atoms with Gasteiger partial charge in [-0.25, -0.2) is 0 Å². The average Bonchev–Trinajstić information content (AvgIpc) is 2.50. The van der Waals surface area contributed by atoms with Gasteiger partial charge in [-0.15, -0.1) is 0 Å². The van der Waals surface area contributed by atoms with E-state index in [1.807, 2.05) is 73.7 Å². The first-order chi connectivity index (χ1) is 9.29. The zero-order valence-corrected chi connectivity index (χ0v) is 11.0. The van der Waals surface area contributed by atoms with Crippen LogP contribution in [0.2, 0.25) is 0 Å². The van der Waals surface area contributed by atoms with Crippen LogP contribution in [0.1, 0.15) is 35.7 Å². The second kappa shape index (κ2) is 8.66. The van der Waals surface area contributed by atoms with Gasteiger partial charge in [-0.2, -0.15) is 5.26 Å². The fourth-order valence-corrected chi connectivity index (χ4v) is 1.46. The van der Waals surface area contributed by atoms with Gasteiger partial charge in [-0.3, -0.25) is 4.79 Å². The molecule has 19 heavy (non-hydrogen) atoms. The average molecular weight is 251 g/mol. The molecule has 0 aliphatic heterocycles. The third-order valence-electron chi connectivity index (χ3n) is 2.43. The normalized spacial score (nSPS) is 8.84. The number of unbranched alkanes of at least 4 members (excludes halogenated alkanes) is 1. The Balaban J connectivity index is 0.000000312. The van der Waals surface area contributed by atoms with Crippen molar-refractivity contribution >= 4 is 5.78 Å². The summed E-state index contributed by atoms with van der Waals surface area (Å²) in [5.41, 5.74) is 1.47. The number of ketones is 1. The van der Waals surface area contributed by atoms with E-state index in [2.05, 4.69) is 0 Å². The molecule has 0 N–H and O–H groups in total.